The summed E-state index contributed by atoms with van der Waals surface area (Å²) in [4.78, 5) is 43.5. The SMILES string of the molecule is CN[C@@H](C)C(=O)N[C@H](C(=O)N1CC[C@@H]2[C@H]1[C@@H](COc1ccc(F)c(F)c1)CN2C(=O)C1CC1)C(C)(C)C. The van der Waals surface area contributed by atoms with Crippen molar-refractivity contribution < 1.29 is 27.9 Å². The Balaban J connectivity index is 1.56. The number of amides is 3. The molecule has 0 aromatic heterocycles. The number of fused-ring (bicyclic) bond motifs is 1. The van der Waals surface area contributed by atoms with Gasteiger partial charge in [-0.1, -0.05) is 20.8 Å². The Hall–Kier alpha value is -2.75. The second kappa shape index (κ2) is 10.6. The summed E-state index contributed by atoms with van der Waals surface area (Å²) in [5, 5.41) is 5.83. The Bertz CT molecular complexity index is 1040. The number of rotatable bonds is 8. The lowest BCUT2D eigenvalue weighted by atomic mass is 9.85. The third kappa shape index (κ3) is 5.73. The van der Waals surface area contributed by atoms with E-state index in [1.54, 1.807) is 18.9 Å². The molecule has 0 bridgehead atoms. The molecule has 10 heteroatoms. The van der Waals surface area contributed by atoms with E-state index in [1.807, 2.05) is 25.7 Å². The largest absolute Gasteiger partial charge is 0.493 e. The topological polar surface area (TPSA) is 91.0 Å². The second-order valence-corrected chi connectivity index (χ2v) is 11.6. The van der Waals surface area contributed by atoms with Crippen LogP contribution in [-0.2, 0) is 14.4 Å². The number of hydrogen-bond acceptors (Lipinski definition) is 5. The molecule has 3 fully saturated rings. The first-order chi connectivity index (χ1) is 17.4. The van der Waals surface area contributed by atoms with Crippen molar-refractivity contribution >= 4 is 17.7 Å². The average molecular weight is 521 g/mol. The lowest BCUT2D eigenvalue weighted by molar-refractivity contribution is -0.141. The zero-order valence-electron chi connectivity index (χ0n) is 22.2. The molecule has 1 aromatic rings. The van der Waals surface area contributed by atoms with Crippen LogP contribution >= 0.6 is 0 Å². The molecule has 2 heterocycles. The molecule has 8 nitrogen and oxygen atoms in total. The Morgan fingerprint density at radius 3 is 2.41 bits per heavy atom. The number of ether oxygens (including phenoxy) is 1. The molecule has 4 rings (SSSR count). The zero-order chi connectivity index (χ0) is 27.1. The van der Waals surface area contributed by atoms with Crippen molar-refractivity contribution in [1.82, 2.24) is 20.4 Å². The fraction of sp³-hybridized carbons (Fsp3) is 0.667. The van der Waals surface area contributed by atoms with Gasteiger partial charge < -0.3 is 25.2 Å². The fourth-order valence-corrected chi connectivity index (χ4v) is 5.41. The Morgan fingerprint density at radius 2 is 1.81 bits per heavy atom. The van der Waals surface area contributed by atoms with E-state index in [1.165, 1.54) is 6.07 Å². The predicted molar refractivity (Wildman–Crippen MR) is 134 cm³/mol. The lowest BCUT2D eigenvalue weighted by Crippen LogP contribution is -2.59. The van der Waals surface area contributed by atoms with Crippen LogP contribution in [0.2, 0.25) is 0 Å². The number of likely N-dealkylation sites (N-methyl/N-ethyl adjacent to an activating group) is 1. The molecular weight excluding hydrogens is 482 g/mol. The minimum Gasteiger partial charge on any atom is -0.493 e. The lowest BCUT2D eigenvalue weighted by Gasteiger charge is -2.37. The van der Waals surface area contributed by atoms with Gasteiger partial charge in [0.05, 0.1) is 24.7 Å². The molecule has 204 valence electrons. The van der Waals surface area contributed by atoms with Crippen LogP contribution in [0.1, 0.15) is 47.0 Å². The molecule has 1 aromatic carbocycles. The number of likely N-dealkylation sites (tertiary alicyclic amines) is 2. The van der Waals surface area contributed by atoms with Crippen molar-refractivity contribution in [3.05, 3.63) is 29.8 Å². The van der Waals surface area contributed by atoms with Gasteiger partial charge in [0.25, 0.3) is 0 Å². The minimum absolute atomic E-state index is 0.0425. The van der Waals surface area contributed by atoms with Crippen LogP contribution in [0.4, 0.5) is 8.78 Å². The Labute approximate surface area is 217 Å². The standard InChI is InChI=1S/C27H38F2N4O4/c1-15(30-5)24(34)31-23(27(2,3)4)26(36)32-11-10-21-22(32)17(13-33(21)25(35)16-6-7-16)14-37-18-8-9-19(28)20(29)12-18/h8-9,12,15-17,21-23,30H,6-7,10-11,13-14H2,1-5H3,(H,31,34)/t15-,17+,21+,22+,23+/m0/s1. The summed E-state index contributed by atoms with van der Waals surface area (Å²) < 4.78 is 32.9. The third-order valence-corrected chi connectivity index (χ3v) is 7.81. The number of benzene rings is 1. The van der Waals surface area contributed by atoms with Crippen molar-refractivity contribution in [2.45, 2.75) is 71.1 Å². The maximum atomic E-state index is 14.0. The van der Waals surface area contributed by atoms with Gasteiger partial charge in [0.15, 0.2) is 11.6 Å². The van der Waals surface area contributed by atoms with Crippen LogP contribution in [0.15, 0.2) is 18.2 Å². The number of nitrogens with zero attached hydrogens (tertiary/aromatic N) is 2. The van der Waals surface area contributed by atoms with Crippen molar-refractivity contribution in [3.8, 4) is 5.75 Å². The maximum Gasteiger partial charge on any atom is 0.246 e. The van der Waals surface area contributed by atoms with Gasteiger partial charge in [-0.3, -0.25) is 14.4 Å². The van der Waals surface area contributed by atoms with Crippen molar-refractivity contribution in [2.75, 3.05) is 26.7 Å². The van der Waals surface area contributed by atoms with Gasteiger partial charge in [-0.2, -0.15) is 0 Å². The van der Waals surface area contributed by atoms with E-state index in [0.29, 0.717) is 19.5 Å². The number of halogens is 2. The Kier molecular flexibility index (Phi) is 7.78. The number of nitrogens with one attached hydrogen (secondary N) is 2. The predicted octanol–water partition coefficient (Wildman–Crippen LogP) is 2.32. The van der Waals surface area contributed by atoms with E-state index in [9.17, 15) is 23.2 Å². The molecule has 0 radical (unpaired) electrons. The normalized spacial score (nSPS) is 25.0. The molecule has 2 saturated heterocycles. The van der Waals surface area contributed by atoms with E-state index >= 15 is 0 Å². The van der Waals surface area contributed by atoms with E-state index in [4.69, 9.17) is 4.74 Å². The van der Waals surface area contributed by atoms with Gasteiger partial charge in [-0.25, -0.2) is 8.78 Å². The van der Waals surface area contributed by atoms with Crippen molar-refractivity contribution in [1.29, 1.82) is 0 Å². The summed E-state index contributed by atoms with van der Waals surface area (Å²) in [7, 11) is 1.69. The summed E-state index contributed by atoms with van der Waals surface area (Å²) in [5.74, 6) is -2.26. The summed E-state index contributed by atoms with van der Waals surface area (Å²) in [6.07, 6.45) is 2.41. The van der Waals surface area contributed by atoms with E-state index < -0.39 is 29.1 Å². The summed E-state index contributed by atoms with van der Waals surface area (Å²) in [5.41, 5.74) is -0.544. The second-order valence-electron chi connectivity index (χ2n) is 11.6. The molecule has 0 spiro atoms. The quantitative estimate of drug-likeness (QED) is 0.549. The smallest absolute Gasteiger partial charge is 0.246 e. The maximum absolute atomic E-state index is 14.0. The van der Waals surface area contributed by atoms with Gasteiger partial charge >= 0.3 is 0 Å². The minimum atomic E-state index is -0.996. The van der Waals surface area contributed by atoms with E-state index in [-0.39, 0.29) is 54.0 Å². The highest BCUT2D eigenvalue weighted by atomic mass is 19.2. The van der Waals surface area contributed by atoms with E-state index in [2.05, 4.69) is 10.6 Å². The summed E-state index contributed by atoms with van der Waals surface area (Å²) in [6.45, 7) is 8.51. The molecule has 2 N–H and O–H groups in total. The first kappa shape index (κ1) is 27.3. The summed E-state index contributed by atoms with van der Waals surface area (Å²) >= 11 is 0. The molecular formula is C27H38F2N4O4. The fourth-order valence-electron chi connectivity index (χ4n) is 5.41. The molecule has 1 aliphatic carbocycles. The first-order valence-corrected chi connectivity index (χ1v) is 13.1. The van der Waals surface area contributed by atoms with Gasteiger partial charge in [-0.05, 0) is 50.8 Å². The van der Waals surface area contributed by atoms with Crippen LogP contribution in [0.25, 0.3) is 0 Å². The molecule has 3 aliphatic rings. The molecule has 5 atom stereocenters. The number of hydrogen-bond donors (Lipinski definition) is 2. The third-order valence-electron chi connectivity index (χ3n) is 7.81. The Morgan fingerprint density at radius 1 is 1.11 bits per heavy atom. The zero-order valence-corrected chi connectivity index (χ0v) is 22.2. The van der Waals surface area contributed by atoms with Crippen molar-refractivity contribution in [3.63, 3.8) is 0 Å². The van der Waals surface area contributed by atoms with Crippen LogP contribution < -0.4 is 15.4 Å². The number of carbonyl (C=O) groups excluding carboxylic acids is 3. The average Bonchev–Trinajstić information content (AvgIpc) is 3.51. The highest BCUT2D eigenvalue weighted by molar-refractivity contribution is 5.91. The van der Waals surface area contributed by atoms with Crippen LogP contribution in [-0.4, -0.2) is 78.4 Å². The molecule has 1 saturated carbocycles. The molecule has 3 amide bonds. The van der Waals surface area contributed by atoms with Crippen molar-refractivity contribution in [2.24, 2.45) is 17.3 Å². The van der Waals surface area contributed by atoms with Crippen LogP contribution in [0.3, 0.4) is 0 Å². The first-order valence-electron chi connectivity index (χ1n) is 13.1. The monoisotopic (exact) mass is 520 g/mol. The van der Waals surface area contributed by atoms with Gasteiger partial charge in [0, 0.05) is 31.0 Å². The molecule has 37 heavy (non-hydrogen) atoms. The van der Waals surface area contributed by atoms with Crippen LogP contribution in [0.5, 0.6) is 5.75 Å². The number of carbonyl (C=O) groups is 3. The van der Waals surface area contributed by atoms with Gasteiger partial charge in [0.1, 0.15) is 11.8 Å². The van der Waals surface area contributed by atoms with E-state index in [0.717, 1.165) is 25.0 Å². The highest BCUT2D eigenvalue weighted by Crippen LogP contribution is 2.41. The molecule has 0 unspecified atom stereocenters. The highest BCUT2D eigenvalue weighted by Gasteiger charge is 2.54. The van der Waals surface area contributed by atoms with Gasteiger partial charge in [-0.15, -0.1) is 0 Å². The van der Waals surface area contributed by atoms with Crippen LogP contribution in [0, 0.1) is 28.9 Å². The van der Waals surface area contributed by atoms with Gasteiger partial charge in [0.2, 0.25) is 17.7 Å². The summed E-state index contributed by atoms with van der Waals surface area (Å²) in [6, 6.07) is 1.74. The molecule has 2 aliphatic heterocycles.